The Labute approximate surface area is 159 Å². The van der Waals surface area contributed by atoms with Crippen molar-refractivity contribution in [2.45, 2.75) is 12.8 Å². The van der Waals surface area contributed by atoms with Crippen molar-refractivity contribution in [3.8, 4) is 11.5 Å². The van der Waals surface area contributed by atoms with Gasteiger partial charge in [-0.1, -0.05) is 12.1 Å². The maximum atomic E-state index is 13.6. The lowest BCUT2D eigenvalue weighted by atomic mass is 9.96. The van der Waals surface area contributed by atoms with Gasteiger partial charge in [0.2, 0.25) is 5.91 Å². The Morgan fingerprint density at radius 3 is 2.52 bits per heavy atom. The maximum Gasteiger partial charge on any atom is 0.227 e. The molecule has 2 aromatic carbocycles. The summed E-state index contributed by atoms with van der Waals surface area (Å²) in [4.78, 5) is 14.8. The third kappa shape index (κ3) is 5.52. The number of methoxy groups -OCH3 is 1. The van der Waals surface area contributed by atoms with Crippen molar-refractivity contribution in [3.63, 3.8) is 0 Å². The molecule has 1 heterocycles. The second kappa shape index (κ2) is 9.48. The van der Waals surface area contributed by atoms with E-state index in [2.05, 4.69) is 10.2 Å². The normalized spacial score (nSPS) is 15.5. The predicted molar refractivity (Wildman–Crippen MR) is 103 cm³/mol. The number of likely N-dealkylation sites (tertiary alicyclic amines) is 1. The van der Waals surface area contributed by atoms with E-state index in [0.29, 0.717) is 11.4 Å². The number of carbonyl (C=O) groups is 1. The number of hydrogen-bond acceptors (Lipinski definition) is 4. The molecule has 1 aliphatic rings. The van der Waals surface area contributed by atoms with Gasteiger partial charge in [-0.3, -0.25) is 4.79 Å². The van der Waals surface area contributed by atoms with Crippen LogP contribution < -0.4 is 10.1 Å². The molecule has 0 unspecified atom stereocenters. The molecule has 27 heavy (non-hydrogen) atoms. The summed E-state index contributed by atoms with van der Waals surface area (Å²) in [5.41, 5.74) is 0.711. The zero-order chi connectivity index (χ0) is 19.1. The number of amides is 1. The van der Waals surface area contributed by atoms with Gasteiger partial charge >= 0.3 is 0 Å². The zero-order valence-corrected chi connectivity index (χ0v) is 15.5. The summed E-state index contributed by atoms with van der Waals surface area (Å²) in [6, 6.07) is 13.2. The highest BCUT2D eigenvalue weighted by atomic mass is 19.1. The lowest BCUT2D eigenvalue weighted by Crippen LogP contribution is -2.39. The van der Waals surface area contributed by atoms with Crippen LogP contribution in [0.15, 0.2) is 48.5 Å². The molecule has 0 aliphatic carbocycles. The van der Waals surface area contributed by atoms with Crippen LogP contribution in [-0.2, 0) is 9.53 Å². The molecule has 0 spiro atoms. The second-order valence-corrected chi connectivity index (χ2v) is 6.65. The fourth-order valence-corrected chi connectivity index (χ4v) is 3.14. The van der Waals surface area contributed by atoms with Crippen LogP contribution in [0.4, 0.5) is 10.1 Å². The number of halogens is 1. The lowest BCUT2D eigenvalue weighted by molar-refractivity contribution is -0.121. The molecule has 1 amide bonds. The van der Waals surface area contributed by atoms with E-state index >= 15 is 0 Å². The number of piperidine rings is 1. The van der Waals surface area contributed by atoms with E-state index in [4.69, 9.17) is 9.47 Å². The Morgan fingerprint density at radius 1 is 1.15 bits per heavy atom. The van der Waals surface area contributed by atoms with Crippen molar-refractivity contribution < 1.29 is 18.7 Å². The van der Waals surface area contributed by atoms with Gasteiger partial charge in [-0.2, -0.15) is 0 Å². The van der Waals surface area contributed by atoms with Gasteiger partial charge in [-0.15, -0.1) is 0 Å². The van der Waals surface area contributed by atoms with Gasteiger partial charge in [0.1, 0.15) is 5.75 Å². The van der Waals surface area contributed by atoms with Crippen LogP contribution in [0.1, 0.15) is 12.8 Å². The van der Waals surface area contributed by atoms with Crippen LogP contribution in [0.25, 0.3) is 0 Å². The van der Waals surface area contributed by atoms with Gasteiger partial charge in [0.15, 0.2) is 11.6 Å². The van der Waals surface area contributed by atoms with Crippen LogP contribution in [0, 0.1) is 11.7 Å². The molecule has 0 atom stereocenters. The summed E-state index contributed by atoms with van der Waals surface area (Å²) >= 11 is 0. The molecule has 144 valence electrons. The largest absolute Gasteiger partial charge is 0.454 e. The van der Waals surface area contributed by atoms with Crippen molar-refractivity contribution in [1.29, 1.82) is 0 Å². The number of anilines is 1. The smallest absolute Gasteiger partial charge is 0.227 e. The highest BCUT2D eigenvalue weighted by Gasteiger charge is 2.24. The first-order valence-corrected chi connectivity index (χ1v) is 9.20. The molecule has 0 aromatic heterocycles. The first-order valence-electron chi connectivity index (χ1n) is 9.20. The first-order chi connectivity index (χ1) is 13.2. The minimum Gasteiger partial charge on any atom is -0.454 e. The van der Waals surface area contributed by atoms with Crippen molar-refractivity contribution in [1.82, 2.24) is 4.90 Å². The maximum absolute atomic E-state index is 13.6. The third-order valence-corrected chi connectivity index (χ3v) is 4.76. The number of benzene rings is 2. The molecule has 6 heteroatoms. The van der Waals surface area contributed by atoms with Crippen LogP contribution >= 0.6 is 0 Å². The lowest BCUT2D eigenvalue weighted by Gasteiger charge is -2.30. The average molecular weight is 372 g/mol. The molecule has 1 saturated heterocycles. The summed E-state index contributed by atoms with van der Waals surface area (Å²) in [5.74, 6) is 0.355. The number of rotatable bonds is 7. The quantitative estimate of drug-likeness (QED) is 0.801. The van der Waals surface area contributed by atoms with Crippen molar-refractivity contribution in [3.05, 3.63) is 54.3 Å². The zero-order valence-electron chi connectivity index (χ0n) is 15.5. The summed E-state index contributed by atoms with van der Waals surface area (Å²) in [6.07, 6.45) is 1.70. The number of nitrogens with zero attached hydrogens (tertiary/aromatic N) is 1. The molecule has 5 nitrogen and oxygen atoms in total. The Morgan fingerprint density at radius 2 is 1.85 bits per heavy atom. The fourth-order valence-electron chi connectivity index (χ4n) is 3.14. The minimum absolute atomic E-state index is 0.0261. The van der Waals surface area contributed by atoms with E-state index < -0.39 is 5.82 Å². The van der Waals surface area contributed by atoms with E-state index in [1.165, 1.54) is 6.07 Å². The summed E-state index contributed by atoms with van der Waals surface area (Å²) in [6.45, 7) is 3.46. The van der Waals surface area contributed by atoms with Gasteiger partial charge in [0.05, 0.1) is 6.61 Å². The summed E-state index contributed by atoms with van der Waals surface area (Å²) < 4.78 is 24.3. The summed E-state index contributed by atoms with van der Waals surface area (Å²) in [7, 11) is 1.70. The van der Waals surface area contributed by atoms with Crippen LogP contribution in [-0.4, -0.2) is 44.2 Å². The SMILES string of the molecule is COCCN1CCC(C(=O)Nc2ccc(Oc3ccccc3F)cc2)CC1. The topological polar surface area (TPSA) is 50.8 Å². The third-order valence-electron chi connectivity index (χ3n) is 4.76. The van der Waals surface area contributed by atoms with E-state index in [-0.39, 0.29) is 17.6 Å². The van der Waals surface area contributed by atoms with Gasteiger partial charge < -0.3 is 19.7 Å². The standard InChI is InChI=1S/C21H25FN2O3/c1-26-15-14-24-12-10-16(11-13-24)21(25)23-17-6-8-18(9-7-17)27-20-5-3-2-4-19(20)22/h2-9,16H,10-15H2,1H3,(H,23,25). The van der Waals surface area contributed by atoms with E-state index in [9.17, 15) is 9.18 Å². The van der Waals surface area contributed by atoms with Gasteiger partial charge in [-0.05, 0) is 62.3 Å². The van der Waals surface area contributed by atoms with E-state index in [1.807, 2.05) is 0 Å². The molecule has 2 aromatic rings. The Hall–Kier alpha value is -2.44. The first kappa shape index (κ1) is 19.3. The number of ether oxygens (including phenoxy) is 2. The molecule has 1 N–H and O–H groups in total. The molecule has 1 fully saturated rings. The average Bonchev–Trinajstić information content (AvgIpc) is 2.70. The molecule has 0 radical (unpaired) electrons. The predicted octanol–water partition coefficient (Wildman–Crippen LogP) is 3.91. The van der Waals surface area contributed by atoms with Crippen molar-refractivity contribution in [2.75, 3.05) is 38.7 Å². The van der Waals surface area contributed by atoms with Gasteiger partial charge in [0.25, 0.3) is 0 Å². The van der Waals surface area contributed by atoms with Crippen molar-refractivity contribution >= 4 is 11.6 Å². The number of hydrogen-bond donors (Lipinski definition) is 1. The van der Waals surface area contributed by atoms with E-state index in [0.717, 1.165) is 39.1 Å². The molecular formula is C21H25FN2O3. The molecule has 1 aliphatic heterocycles. The van der Waals surface area contributed by atoms with Crippen molar-refractivity contribution in [2.24, 2.45) is 5.92 Å². The molecular weight excluding hydrogens is 347 g/mol. The highest BCUT2D eigenvalue weighted by molar-refractivity contribution is 5.92. The monoisotopic (exact) mass is 372 g/mol. The van der Waals surface area contributed by atoms with Crippen LogP contribution in [0.2, 0.25) is 0 Å². The Kier molecular flexibility index (Phi) is 6.79. The van der Waals surface area contributed by atoms with Crippen LogP contribution in [0.5, 0.6) is 11.5 Å². The summed E-state index contributed by atoms with van der Waals surface area (Å²) in [5, 5.41) is 2.96. The van der Waals surface area contributed by atoms with Crippen LogP contribution in [0.3, 0.4) is 0 Å². The number of para-hydroxylation sites is 1. The Bertz CT molecular complexity index is 743. The highest BCUT2D eigenvalue weighted by Crippen LogP contribution is 2.26. The van der Waals surface area contributed by atoms with Gasteiger partial charge in [-0.25, -0.2) is 4.39 Å². The molecule has 0 bridgehead atoms. The van der Waals surface area contributed by atoms with E-state index in [1.54, 1.807) is 49.6 Å². The number of carbonyl (C=O) groups excluding carboxylic acids is 1. The molecule has 3 rings (SSSR count). The van der Waals surface area contributed by atoms with Gasteiger partial charge in [0, 0.05) is 25.3 Å². The second-order valence-electron chi connectivity index (χ2n) is 6.65. The number of nitrogens with one attached hydrogen (secondary N) is 1. The minimum atomic E-state index is -0.410. The Balaban J connectivity index is 1.50. The fraction of sp³-hybridized carbons (Fsp3) is 0.381. The molecule has 0 saturated carbocycles.